The Bertz CT molecular complexity index is 924. The van der Waals surface area contributed by atoms with Gasteiger partial charge in [0.2, 0.25) is 0 Å². The molecule has 1 saturated heterocycles. The smallest absolute Gasteiger partial charge is 0.153 e. The fourth-order valence-corrected chi connectivity index (χ4v) is 5.30. The van der Waals surface area contributed by atoms with Crippen LogP contribution in [0.2, 0.25) is 5.15 Å². The molecule has 0 aromatic carbocycles. The number of aromatic nitrogens is 3. The number of piperidine rings is 1. The molecule has 7 heteroatoms. The van der Waals surface area contributed by atoms with Gasteiger partial charge in [-0.15, -0.1) is 0 Å². The van der Waals surface area contributed by atoms with E-state index >= 15 is 0 Å². The summed E-state index contributed by atoms with van der Waals surface area (Å²) in [6, 6.07) is 4.25. The number of hydrogen-bond donors (Lipinski definition) is 2. The summed E-state index contributed by atoms with van der Waals surface area (Å²) in [4.78, 5) is 16.4. The first-order valence-electron chi connectivity index (χ1n) is 11.0. The van der Waals surface area contributed by atoms with Crippen molar-refractivity contribution >= 4 is 17.4 Å². The Labute approximate surface area is 183 Å². The zero-order valence-corrected chi connectivity index (χ0v) is 18.9. The number of halogens is 1. The number of hydrogen-bond acceptors (Lipinski definition) is 6. The van der Waals surface area contributed by atoms with Crippen LogP contribution in [-0.4, -0.2) is 39.2 Å². The molecule has 2 fully saturated rings. The Morgan fingerprint density at radius 2 is 1.93 bits per heavy atom. The van der Waals surface area contributed by atoms with E-state index in [2.05, 4.69) is 23.7 Å². The van der Waals surface area contributed by atoms with Gasteiger partial charge in [0.25, 0.3) is 0 Å². The van der Waals surface area contributed by atoms with Gasteiger partial charge in [-0.05, 0) is 56.1 Å². The molecule has 3 heterocycles. The van der Waals surface area contributed by atoms with Crippen molar-refractivity contribution < 1.29 is 5.11 Å². The van der Waals surface area contributed by atoms with Crippen LogP contribution in [0.4, 0.5) is 5.82 Å². The summed E-state index contributed by atoms with van der Waals surface area (Å²) in [7, 11) is 0. The Morgan fingerprint density at radius 1 is 1.20 bits per heavy atom. The largest absolute Gasteiger partial charge is 0.390 e. The second kappa shape index (κ2) is 8.40. The van der Waals surface area contributed by atoms with Crippen LogP contribution in [0.5, 0.6) is 0 Å². The molecule has 6 nitrogen and oxygen atoms in total. The van der Waals surface area contributed by atoms with Gasteiger partial charge in [0.15, 0.2) is 5.82 Å². The van der Waals surface area contributed by atoms with Gasteiger partial charge in [0, 0.05) is 30.4 Å². The van der Waals surface area contributed by atoms with Gasteiger partial charge in [0.1, 0.15) is 10.8 Å². The topological polar surface area (TPSA) is 88.2 Å². The van der Waals surface area contributed by atoms with Crippen LogP contribution in [0.1, 0.15) is 69.0 Å². The molecule has 0 amide bonds. The first-order chi connectivity index (χ1) is 14.3. The normalized spacial score (nSPS) is 21.0. The highest BCUT2D eigenvalue weighted by Crippen LogP contribution is 2.46. The number of aliphatic hydroxyl groups excluding tert-OH is 1. The molecular weight excluding hydrogens is 398 g/mol. The van der Waals surface area contributed by atoms with Crippen molar-refractivity contribution in [3.63, 3.8) is 0 Å². The zero-order chi connectivity index (χ0) is 21.5. The molecule has 1 atom stereocenters. The van der Waals surface area contributed by atoms with E-state index in [1.165, 1.54) is 12.8 Å². The highest BCUT2D eigenvalue weighted by atomic mass is 35.5. The third-order valence-electron chi connectivity index (χ3n) is 7.02. The Hall–Kier alpha value is -1.76. The predicted molar refractivity (Wildman–Crippen MR) is 121 cm³/mol. The minimum atomic E-state index is -0.161. The lowest BCUT2D eigenvalue weighted by Gasteiger charge is -2.42. The standard InChI is InChI=1S/C23H32ClN5O/c1-14(2)17-7-6-16(21(24)28-17)20-15(3)26-22(18(13-30)27-20)29-11-9-23(10-12-29)8-4-5-19(23)25/h6-7,14,19,30H,4-5,8-13,25H2,1-3H3/t19-/m1/s1. The zero-order valence-electron chi connectivity index (χ0n) is 18.2. The van der Waals surface area contributed by atoms with Gasteiger partial charge in [-0.2, -0.15) is 0 Å². The van der Waals surface area contributed by atoms with Crippen molar-refractivity contribution in [3.8, 4) is 11.3 Å². The molecule has 2 aliphatic rings. The minimum Gasteiger partial charge on any atom is -0.390 e. The summed E-state index contributed by atoms with van der Waals surface area (Å²) >= 11 is 6.48. The summed E-state index contributed by atoms with van der Waals surface area (Å²) in [6.07, 6.45) is 5.76. The molecule has 1 spiro atoms. The van der Waals surface area contributed by atoms with Crippen molar-refractivity contribution in [2.75, 3.05) is 18.0 Å². The monoisotopic (exact) mass is 429 g/mol. The van der Waals surface area contributed by atoms with Crippen LogP contribution in [0.15, 0.2) is 12.1 Å². The number of nitrogens with two attached hydrogens (primary N) is 1. The summed E-state index contributed by atoms with van der Waals surface area (Å²) in [5, 5.41) is 10.5. The molecule has 2 aromatic rings. The maximum atomic E-state index is 10.0. The second-order valence-electron chi connectivity index (χ2n) is 9.16. The summed E-state index contributed by atoms with van der Waals surface area (Å²) in [6.45, 7) is 7.76. The molecule has 0 radical (unpaired) electrons. The number of aliphatic hydroxyl groups is 1. The van der Waals surface area contributed by atoms with Crippen molar-refractivity contribution in [2.45, 2.75) is 71.4 Å². The Kier molecular flexibility index (Phi) is 6.02. The molecule has 2 aromatic heterocycles. The Morgan fingerprint density at radius 3 is 2.50 bits per heavy atom. The second-order valence-corrected chi connectivity index (χ2v) is 9.52. The van der Waals surface area contributed by atoms with Crippen molar-refractivity contribution in [3.05, 3.63) is 34.4 Å². The minimum absolute atomic E-state index is 0.161. The average Bonchev–Trinajstić information content (AvgIpc) is 3.08. The number of aryl methyl sites for hydroxylation is 1. The van der Waals surface area contributed by atoms with E-state index in [-0.39, 0.29) is 12.0 Å². The molecule has 0 unspecified atom stereocenters. The summed E-state index contributed by atoms with van der Waals surface area (Å²) in [5.41, 5.74) is 10.5. The SMILES string of the molecule is Cc1nc(N2CCC3(CCC[C@H]3N)CC2)c(CO)nc1-c1ccc(C(C)C)nc1Cl. The third-order valence-corrected chi connectivity index (χ3v) is 7.31. The molecule has 0 bridgehead atoms. The van der Waals surface area contributed by atoms with Gasteiger partial charge in [0.05, 0.1) is 18.0 Å². The predicted octanol–water partition coefficient (Wildman–Crippen LogP) is 4.21. The van der Waals surface area contributed by atoms with E-state index in [0.717, 1.165) is 55.1 Å². The first-order valence-corrected chi connectivity index (χ1v) is 11.4. The highest BCUT2D eigenvalue weighted by molar-refractivity contribution is 6.32. The molecule has 4 rings (SSSR count). The van der Waals surface area contributed by atoms with Crippen molar-refractivity contribution in [1.82, 2.24) is 15.0 Å². The van der Waals surface area contributed by atoms with Gasteiger partial charge in [-0.25, -0.2) is 15.0 Å². The molecule has 30 heavy (non-hydrogen) atoms. The maximum Gasteiger partial charge on any atom is 0.153 e. The molecule has 1 aliphatic carbocycles. The first kappa shape index (κ1) is 21.5. The maximum absolute atomic E-state index is 10.0. The number of pyridine rings is 1. The lowest BCUT2D eigenvalue weighted by atomic mass is 9.74. The van der Waals surface area contributed by atoms with Crippen LogP contribution < -0.4 is 10.6 Å². The fourth-order valence-electron chi connectivity index (χ4n) is 5.05. The van der Waals surface area contributed by atoms with E-state index in [1.54, 1.807) is 0 Å². The van der Waals surface area contributed by atoms with E-state index in [1.807, 2.05) is 19.1 Å². The van der Waals surface area contributed by atoms with E-state index in [4.69, 9.17) is 27.3 Å². The van der Waals surface area contributed by atoms with Crippen LogP contribution in [0.3, 0.4) is 0 Å². The van der Waals surface area contributed by atoms with E-state index in [0.29, 0.717) is 28.5 Å². The quantitative estimate of drug-likeness (QED) is 0.707. The fraction of sp³-hybridized carbons (Fsp3) is 0.609. The number of rotatable bonds is 4. The van der Waals surface area contributed by atoms with Crippen molar-refractivity contribution in [1.29, 1.82) is 0 Å². The third kappa shape index (κ3) is 3.81. The molecule has 3 N–H and O–H groups in total. The van der Waals surface area contributed by atoms with Gasteiger partial charge in [-0.1, -0.05) is 31.9 Å². The molecule has 1 saturated carbocycles. The van der Waals surface area contributed by atoms with Crippen LogP contribution in [-0.2, 0) is 6.61 Å². The average molecular weight is 430 g/mol. The van der Waals surface area contributed by atoms with Gasteiger partial charge in [-0.3, -0.25) is 0 Å². The number of nitrogens with zero attached hydrogens (tertiary/aromatic N) is 4. The van der Waals surface area contributed by atoms with E-state index < -0.39 is 0 Å². The summed E-state index contributed by atoms with van der Waals surface area (Å²) < 4.78 is 0. The van der Waals surface area contributed by atoms with Crippen LogP contribution in [0, 0.1) is 12.3 Å². The van der Waals surface area contributed by atoms with Gasteiger partial charge >= 0.3 is 0 Å². The van der Waals surface area contributed by atoms with Crippen LogP contribution in [0.25, 0.3) is 11.3 Å². The van der Waals surface area contributed by atoms with Crippen molar-refractivity contribution in [2.24, 2.45) is 11.1 Å². The highest BCUT2D eigenvalue weighted by Gasteiger charge is 2.43. The lowest BCUT2D eigenvalue weighted by Crippen LogP contribution is -2.47. The molecule has 162 valence electrons. The van der Waals surface area contributed by atoms with Crippen LogP contribution >= 0.6 is 11.6 Å². The Balaban J connectivity index is 1.62. The van der Waals surface area contributed by atoms with Gasteiger partial charge < -0.3 is 15.7 Å². The summed E-state index contributed by atoms with van der Waals surface area (Å²) in [5.74, 6) is 1.08. The molecule has 1 aliphatic heterocycles. The molecular formula is C23H32ClN5O. The lowest BCUT2D eigenvalue weighted by molar-refractivity contribution is 0.196. The number of anilines is 1. The van der Waals surface area contributed by atoms with E-state index in [9.17, 15) is 5.11 Å².